The Morgan fingerprint density at radius 3 is 2.92 bits per heavy atom. The van der Waals surface area contributed by atoms with Crippen LogP contribution in [-0.2, 0) is 16.8 Å². The van der Waals surface area contributed by atoms with Crippen LogP contribution in [-0.4, -0.2) is 16.7 Å². The number of ether oxygens (including phenoxy) is 1. The summed E-state index contributed by atoms with van der Waals surface area (Å²) in [5.74, 6) is 1.38. The molecule has 1 saturated heterocycles. The number of nitrogens with zero attached hydrogens (tertiary/aromatic N) is 2. The molecule has 0 N–H and O–H groups in total. The first kappa shape index (κ1) is 8.69. The lowest BCUT2D eigenvalue weighted by atomic mass is 10.0. The maximum atomic E-state index is 5.59. The Morgan fingerprint density at radius 1 is 1.54 bits per heavy atom. The number of hydrogen-bond acceptors (Lipinski definition) is 4. The van der Waals surface area contributed by atoms with Crippen molar-refractivity contribution in [3.05, 3.63) is 11.7 Å². The monoisotopic (exact) mass is 182 g/mol. The van der Waals surface area contributed by atoms with Gasteiger partial charge in [0, 0.05) is 13.0 Å². The molecule has 1 unspecified atom stereocenters. The smallest absolute Gasteiger partial charge is 0.258 e. The molecule has 1 aromatic heterocycles. The van der Waals surface area contributed by atoms with Gasteiger partial charge in [-0.05, 0) is 19.8 Å². The fourth-order valence-electron chi connectivity index (χ4n) is 1.56. The molecule has 1 fully saturated rings. The van der Waals surface area contributed by atoms with Gasteiger partial charge in [-0.25, -0.2) is 0 Å². The minimum Gasteiger partial charge on any atom is -0.365 e. The summed E-state index contributed by atoms with van der Waals surface area (Å²) in [4.78, 5) is 4.28. The van der Waals surface area contributed by atoms with E-state index >= 15 is 0 Å². The topological polar surface area (TPSA) is 48.2 Å². The zero-order chi connectivity index (χ0) is 9.31. The van der Waals surface area contributed by atoms with Gasteiger partial charge in [0.15, 0.2) is 5.82 Å². The van der Waals surface area contributed by atoms with E-state index in [1.807, 2.05) is 13.8 Å². The lowest BCUT2D eigenvalue weighted by molar-refractivity contribution is -0.00937. The summed E-state index contributed by atoms with van der Waals surface area (Å²) >= 11 is 0. The number of aryl methyl sites for hydroxylation is 1. The van der Waals surface area contributed by atoms with Gasteiger partial charge in [0.05, 0.1) is 0 Å². The Hall–Kier alpha value is -0.900. The number of aromatic nitrogens is 2. The van der Waals surface area contributed by atoms with Crippen LogP contribution in [0.4, 0.5) is 0 Å². The minimum atomic E-state index is -0.333. The first-order chi connectivity index (χ1) is 6.24. The predicted molar refractivity (Wildman–Crippen MR) is 46.2 cm³/mol. The van der Waals surface area contributed by atoms with Gasteiger partial charge >= 0.3 is 0 Å². The van der Waals surface area contributed by atoms with Crippen LogP contribution in [0.15, 0.2) is 4.52 Å². The van der Waals surface area contributed by atoms with Crippen molar-refractivity contribution in [2.45, 2.75) is 38.7 Å². The minimum absolute atomic E-state index is 0.333. The lowest BCUT2D eigenvalue weighted by Crippen LogP contribution is -2.20. The molecule has 0 bridgehead atoms. The molecular weight excluding hydrogens is 168 g/mol. The Morgan fingerprint density at radius 2 is 2.38 bits per heavy atom. The maximum absolute atomic E-state index is 5.59. The lowest BCUT2D eigenvalue weighted by Gasteiger charge is -2.16. The van der Waals surface area contributed by atoms with Gasteiger partial charge in [-0.15, -0.1) is 0 Å². The Labute approximate surface area is 77.3 Å². The highest BCUT2D eigenvalue weighted by Gasteiger charge is 2.37. The molecule has 0 spiro atoms. The molecule has 0 aromatic carbocycles. The van der Waals surface area contributed by atoms with E-state index < -0.39 is 0 Å². The van der Waals surface area contributed by atoms with Crippen molar-refractivity contribution in [2.24, 2.45) is 0 Å². The standard InChI is InChI=1S/C9H14N2O2/c1-3-7-10-8(13-11-7)9(2)5-4-6-12-9/h3-6H2,1-2H3. The summed E-state index contributed by atoms with van der Waals surface area (Å²) in [6.45, 7) is 4.81. The van der Waals surface area contributed by atoms with E-state index in [2.05, 4.69) is 10.1 Å². The summed E-state index contributed by atoms with van der Waals surface area (Å²) < 4.78 is 10.7. The van der Waals surface area contributed by atoms with Gasteiger partial charge in [-0.3, -0.25) is 0 Å². The van der Waals surface area contributed by atoms with E-state index in [9.17, 15) is 0 Å². The second kappa shape index (κ2) is 3.10. The van der Waals surface area contributed by atoms with Crippen LogP contribution in [0.2, 0.25) is 0 Å². The molecule has 72 valence electrons. The van der Waals surface area contributed by atoms with E-state index in [0.29, 0.717) is 5.89 Å². The van der Waals surface area contributed by atoms with Crippen LogP contribution in [0.25, 0.3) is 0 Å². The molecule has 0 saturated carbocycles. The largest absolute Gasteiger partial charge is 0.365 e. The van der Waals surface area contributed by atoms with Crippen LogP contribution >= 0.6 is 0 Å². The summed E-state index contributed by atoms with van der Waals surface area (Å²) in [6.07, 6.45) is 2.85. The molecule has 0 aliphatic carbocycles. The summed E-state index contributed by atoms with van der Waals surface area (Å²) in [5, 5.41) is 3.86. The molecule has 1 atom stereocenters. The molecule has 2 rings (SSSR count). The molecule has 4 nitrogen and oxygen atoms in total. The van der Waals surface area contributed by atoms with E-state index in [-0.39, 0.29) is 5.60 Å². The molecule has 1 aliphatic heterocycles. The SMILES string of the molecule is CCc1noc(C2(C)CCCO2)n1. The third-order valence-corrected chi connectivity index (χ3v) is 2.46. The Balaban J connectivity index is 2.23. The van der Waals surface area contributed by atoms with Crippen LogP contribution in [0.5, 0.6) is 0 Å². The van der Waals surface area contributed by atoms with Crippen molar-refractivity contribution in [1.82, 2.24) is 10.1 Å². The van der Waals surface area contributed by atoms with E-state index in [1.165, 1.54) is 0 Å². The fourth-order valence-corrected chi connectivity index (χ4v) is 1.56. The zero-order valence-electron chi connectivity index (χ0n) is 8.04. The second-order valence-corrected chi connectivity index (χ2v) is 3.55. The number of rotatable bonds is 2. The predicted octanol–water partition coefficient (Wildman–Crippen LogP) is 1.66. The first-order valence-electron chi connectivity index (χ1n) is 4.71. The summed E-state index contributed by atoms with van der Waals surface area (Å²) in [6, 6.07) is 0. The van der Waals surface area contributed by atoms with Crippen LogP contribution < -0.4 is 0 Å². The van der Waals surface area contributed by atoms with Crippen molar-refractivity contribution in [2.75, 3.05) is 6.61 Å². The zero-order valence-corrected chi connectivity index (χ0v) is 8.04. The van der Waals surface area contributed by atoms with E-state index in [4.69, 9.17) is 9.26 Å². The summed E-state index contributed by atoms with van der Waals surface area (Å²) in [5.41, 5.74) is -0.333. The van der Waals surface area contributed by atoms with Gasteiger partial charge in [0.25, 0.3) is 5.89 Å². The Kier molecular flexibility index (Phi) is 2.07. The molecule has 13 heavy (non-hydrogen) atoms. The van der Waals surface area contributed by atoms with Crippen molar-refractivity contribution in [3.63, 3.8) is 0 Å². The quantitative estimate of drug-likeness (QED) is 0.697. The third kappa shape index (κ3) is 1.46. The first-order valence-corrected chi connectivity index (χ1v) is 4.71. The molecule has 4 heteroatoms. The molecular formula is C9H14N2O2. The van der Waals surface area contributed by atoms with Crippen LogP contribution in [0, 0.1) is 0 Å². The Bertz CT molecular complexity index is 290. The van der Waals surface area contributed by atoms with Crippen molar-refractivity contribution in [1.29, 1.82) is 0 Å². The summed E-state index contributed by atoms with van der Waals surface area (Å²) in [7, 11) is 0. The molecule has 1 aromatic rings. The highest BCUT2D eigenvalue weighted by molar-refractivity contribution is 4.99. The maximum Gasteiger partial charge on any atom is 0.258 e. The molecule has 0 radical (unpaired) electrons. The molecule has 1 aliphatic rings. The van der Waals surface area contributed by atoms with Crippen molar-refractivity contribution < 1.29 is 9.26 Å². The van der Waals surface area contributed by atoms with Gasteiger partial charge in [-0.2, -0.15) is 4.98 Å². The van der Waals surface area contributed by atoms with Crippen molar-refractivity contribution in [3.8, 4) is 0 Å². The second-order valence-electron chi connectivity index (χ2n) is 3.55. The average Bonchev–Trinajstić information content (AvgIpc) is 2.72. The fraction of sp³-hybridized carbons (Fsp3) is 0.778. The molecule has 0 amide bonds. The van der Waals surface area contributed by atoms with Gasteiger partial charge < -0.3 is 9.26 Å². The van der Waals surface area contributed by atoms with Crippen LogP contribution in [0.3, 0.4) is 0 Å². The normalized spacial score (nSPS) is 28.2. The highest BCUT2D eigenvalue weighted by Crippen LogP contribution is 2.34. The average molecular weight is 182 g/mol. The van der Waals surface area contributed by atoms with Gasteiger partial charge in [0.1, 0.15) is 5.60 Å². The molecule has 2 heterocycles. The van der Waals surface area contributed by atoms with E-state index in [1.54, 1.807) is 0 Å². The highest BCUT2D eigenvalue weighted by atomic mass is 16.5. The van der Waals surface area contributed by atoms with Gasteiger partial charge in [-0.1, -0.05) is 12.1 Å². The number of hydrogen-bond donors (Lipinski definition) is 0. The van der Waals surface area contributed by atoms with Crippen LogP contribution in [0.1, 0.15) is 38.4 Å². The van der Waals surface area contributed by atoms with E-state index in [0.717, 1.165) is 31.7 Å². The van der Waals surface area contributed by atoms with Crippen molar-refractivity contribution >= 4 is 0 Å². The van der Waals surface area contributed by atoms with Gasteiger partial charge in [0.2, 0.25) is 0 Å². The third-order valence-electron chi connectivity index (χ3n) is 2.46.